The van der Waals surface area contributed by atoms with Gasteiger partial charge in [0.05, 0.1) is 6.61 Å². The molecule has 0 heterocycles. The van der Waals surface area contributed by atoms with Crippen LogP contribution in [0.2, 0.25) is 0 Å². The molecular formula is C13H27NO3. The molecule has 0 aromatic carbocycles. The number of carboxylic acids is 1. The maximum absolute atomic E-state index is 11.2. The van der Waals surface area contributed by atoms with Crippen LogP contribution in [0.15, 0.2) is 0 Å². The Morgan fingerprint density at radius 3 is 2.29 bits per heavy atom. The third-order valence-electron chi connectivity index (χ3n) is 2.62. The van der Waals surface area contributed by atoms with Crippen LogP contribution >= 0.6 is 0 Å². The van der Waals surface area contributed by atoms with Crippen LogP contribution in [0.25, 0.3) is 0 Å². The minimum atomic E-state index is -0.978. The molecule has 102 valence electrons. The Bertz CT molecular complexity index is 235. The number of aliphatic carboxylic acids is 1. The first-order valence-corrected chi connectivity index (χ1v) is 6.27. The Balaban J connectivity index is 4.05. The smallest absolute Gasteiger partial charge is 0.326 e. The molecule has 0 aliphatic heterocycles. The molecule has 1 unspecified atom stereocenters. The molecule has 2 N–H and O–H groups in total. The second kappa shape index (κ2) is 6.97. The maximum Gasteiger partial charge on any atom is 0.326 e. The summed E-state index contributed by atoms with van der Waals surface area (Å²) >= 11 is 0. The second-order valence-corrected chi connectivity index (χ2v) is 5.93. The molecule has 0 bridgehead atoms. The Morgan fingerprint density at radius 1 is 1.29 bits per heavy atom. The standard InChI is InChI=1S/C13H27NO3/c1-6-8-14-13(5,11(15)16)10-17-9-7-12(2,3)4/h14H,6-10H2,1-5H3,(H,15,16). The minimum Gasteiger partial charge on any atom is -0.480 e. The molecule has 4 nitrogen and oxygen atoms in total. The van der Waals surface area contributed by atoms with Crippen molar-refractivity contribution in [3.8, 4) is 0 Å². The number of ether oxygens (including phenoxy) is 1. The van der Waals surface area contributed by atoms with Gasteiger partial charge in [0.25, 0.3) is 0 Å². The minimum absolute atomic E-state index is 0.207. The summed E-state index contributed by atoms with van der Waals surface area (Å²) in [6.07, 6.45) is 1.83. The summed E-state index contributed by atoms with van der Waals surface area (Å²) in [6, 6.07) is 0. The highest BCUT2D eigenvalue weighted by Gasteiger charge is 2.32. The fourth-order valence-corrected chi connectivity index (χ4v) is 1.24. The highest BCUT2D eigenvalue weighted by molar-refractivity contribution is 5.78. The molecule has 0 spiro atoms. The number of hydrogen-bond donors (Lipinski definition) is 2. The third-order valence-corrected chi connectivity index (χ3v) is 2.62. The molecule has 0 aromatic rings. The van der Waals surface area contributed by atoms with Gasteiger partial charge < -0.3 is 15.2 Å². The van der Waals surface area contributed by atoms with Gasteiger partial charge in [0.1, 0.15) is 5.54 Å². The molecule has 0 aliphatic rings. The predicted octanol–water partition coefficient (Wildman–Crippen LogP) is 2.28. The summed E-state index contributed by atoms with van der Waals surface area (Å²) in [5.41, 5.74) is -0.760. The predicted molar refractivity (Wildman–Crippen MR) is 69.2 cm³/mol. The van der Waals surface area contributed by atoms with Crippen molar-refractivity contribution in [2.45, 2.75) is 53.0 Å². The van der Waals surface area contributed by atoms with Gasteiger partial charge in [-0.05, 0) is 31.7 Å². The number of carbonyl (C=O) groups is 1. The fraction of sp³-hybridized carbons (Fsp3) is 0.923. The Morgan fingerprint density at radius 2 is 1.88 bits per heavy atom. The molecule has 1 atom stereocenters. The zero-order chi connectivity index (χ0) is 13.5. The molecule has 0 amide bonds. The van der Waals surface area contributed by atoms with Gasteiger partial charge in [-0.3, -0.25) is 4.79 Å². The second-order valence-electron chi connectivity index (χ2n) is 5.93. The van der Waals surface area contributed by atoms with Crippen molar-refractivity contribution in [1.29, 1.82) is 0 Å². The van der Waals surface area contributed by atoms with E-state index >= 15 is 0 Å². The lowest BCUT2D eigenvalue weighted by molar-refractivity contribution is -0.147. The summed E-state index contributed by atoms with van der Waals surface area (Å²) in [4.78, 5) is 11.2. The fourth-order valence-electron chi connectivity index (χ4n) is 1.24. The first kappa shape index (κ1) is 16.4. The van der Waals surface area contributed by atoms with Crippen molar-refractivity contribution in [2.75, 3.05) is 19.8 Å². The average Bonchev–Trinajstić information content (AvgIpc) is 2.20. The van der Waals surface area contributed by atoms with Crippen LogP contribution in [0, 0.1) is 5.41 Å². The van der Waals surface area contributed by atoms with Crippen molar-refractivity contribution in [2.24, 2.45) is 5.41 Å². The van der Waals surface area contributed by atoms with Gasteiger partial charge in [-0.25, -0.2) is 0 Å². The summed E-state index contributed by atoms with van der Waals surface area (Å²) in [7, 11) is 0. The number of carboxylic acid groups (broad SMARTS) is 1. The Labute approximate surface area is 105 Å². The van der Waals surface area contributed by atoms with Crippen LogP contribution in [-0.2, 0) is 9.53 Å². The van der Waals surface area contributed by atoms with E-state index in [0.717, 1.165) is 12.8 Å². The molecule has 4 heteroatoms. The third kappa shape index (κ3) is 7.34. The molecule has 0 saturated carbocycles. The van der Waals surface area contributed by atoms with Crippen LogP contribution in [-0.4, -0.2) is 36.4 Å². The van der Waals surface area contributed by atoms with E-state index in [4.69, 9.17) is 4.74 Å². The Kier molecular flexibility index (Phi) is 6.72. The molecular weight excluding hydrogens is 218 g/mol. The van der Waals surface area contributed by atoms with Crippen LogP contribution in [0.1, 0.15) is 47.5 Å². The van der Waals surface area contributed by atoms with E-state index in [1.54, 1.807) is 6.92 Å². The summed E-state index contributed by atoms with van der Waals surface area (Å²) < 4.78 is 5.49. The van der Waals surface area contributed by atoms with E-state index in [9.17, 15) is 9.90 Å². The summed E-state index contributed by atoms with van der Waals surface area (Å²) in [5, 5.41) is 12.2. The van der Waals surface area contributed by atoms with Crippen molar-refractivity contribution in [3.63, 3.8) is 0 Å². The van der Waals surface area contributed by atoms with E-state index in [-0.39, 0.29) is 12.0 Å². The van der Waals surface area contributed by atoms with Crippen LogP contribution in [0.5, 0.6) is 0 Å². The SMILES string of the molecule is CCCNC(C)(COCCC(C)(C)C)C(=O)O. The van der Waals surface area contributed by atoms with Gasteiger partial charge in [-0.2, -0.15) is 0 Å². The first-order valence-electron chi connectivity index (χ1n) is 6.27. The van der Waals surface area contributed by atoms with Crippen LogP contribution in [0.4, 0.5) is 0 Å². The monoisotopic (exact) mass is 245 g/mol. The molecule has 0 radical (unpaired) electrons. The maximum atomic E-state index is 11.2. The van der Waals surface area contributed by atoms with Crippen molar-refractivity contribution in [3.05, 3.63) is 0 Å². The highest BCUT2D eigenvalue weighted by Crippen LogP contribution is 2.18. The van der Waals surface area contributed by atoms with Crippen molar-refractivity contribution < 1.29 is 14.6 Å². The zero-order valence-corrected chi connectivity index (χ0v) is 11.8. The largest absolute Gasteiger partial charge is 0.480 e. The van der Waals surface area contributed by atoms with Crippen molar-refractivity contribution in [1.82, 2.24) is 5.32 Å². The lowest BCUT2D eigenvalue weighted by Gasteiger charge is -2.27. The highest BCUT2D eigenvalue weighted by atomic mass is 16.5. The molecule has 17 heavy (non-hydrogen) atoms. The number of nitrogens with one attached hydrogen (secondary N) is 1. The topological polar surface area (TPSA) is 58.6 Å². The molecule has 0 aromatic heterocycles. The lowest BCUT2D eigenvalue weighted by atomic mass is 9.93. The van der Waals surface area contributed by atoms with Crippen LogP contribution in [0.3, 0.4) is 0 Å². The van der Waals surface area contributed by atoms with Gasteiger partial charge >= 0.3 is 5.97 Å². The molecule has 0 fully saturated rings. The van der Waals surface area contributed by atoms with Crippen LogP contribution < -0.4 is 5.32 Å². The van der Waals surface area contributed by atoms with E-state index in [1.165, 1.54) is 0 Å². The molecule has 0 aliphatic carbocycles. The van der Waals surface area contributed by atoms with Gasteiger partial charge in [0.2, 0.25) is 0 Å². The van der Waals surface area contributed by atoms with E-state index in [0.29, 0.717) is 13.2 Å². The van der Waals surface area contributed by atoms with E-state index in [1.807, 2.05) is 6.92 Å². The van der Waals surface area contributed by atoms with Gasteiger partial charge in [0.15, 0.2) is 0 Å². The van der Waals surface area contributed by atoms with E-state index < -0.39 is 11.5 Å². The quantitative estimate of drug-likeness (QED) is 0.644. The lowest BCUT2D eigenvalue weighted by Crippen LogP contribution is -2.53. The molecule has 0 rings (SSSR count). The molecule has 0 saturated heterocycles. The first-order chi connectivity index (χ1) is 7.71. The number of rotatable bonds is 8. The van der Waals surface area contributed by atoms with Gasteiger partial charge in [0, 0.05) is 6.61 Å². The zero-order valence-electron chi connectivity index (χ0n) is 11.8. The summed E-state index contributed by atoms with van der Waals surface area (Å²) in [5.74, 6) is -0.860. The number of hydrogen-bond acceptors (Lipinski definition) is 3. The van der Waals surface area contributed by atoms with Gasteiger partial charge in [-0.15, -0.1) is 0 Å². The Hall–Kier alpha value is -0.610. The average molecular weight is 245 g/mol. The normalized spacial score (nSPS) is 15.6. The van der Waals surface area contributed by atoms with Crippen molar-refractivity contribution >= 4 is 5.97 Å². The van der Waals surface area contributed by atoms with E-state index in [2.05, 4.69) is 26.1 Å². The van der Waals surface area contributed by atoms with Gasteiger partial charge in [-0.1, -0.05) is 27.7 Å². The summed E-state index contributed by atoms with van der Waals surface area (Å²) in [6.45, 7) is 11.6.